The Morgan fingerprint density at radius 3 is 2.13 bits per heavy atom. The second kappa shape index (κ2) is 14.0. The number of carbonyl (C=O) groups is 6. The van der Waals surface area contributed by atoms with Crippen molar-refractivity contribution >= 4 is 59.1 Å². The number of fused-ring (bicyclic) bond motifs is 1. The average molecular weight is 551 g/mol. The Kier molecular flexibility index (Phi) is 11.1. The maximum absolute atomic E-state index is 12.8. The number of para-hydroxylation sites is 1. The van der Waals surface area contributed by atoms with Crippen molar-refractivity contribution < 1.29 is 39.0 Å². The molecule has 0 radical (unpaired) electrons. The molecule has 4 amide bonds. The number of aromatic nitrogens is 1. The quantitative estimate of drug-likeness (QED) is 0.114. The molecule has 0 saturated carbocycles. The SMILES string of the molecule is NC(=O)CCC(N)C(=O)NC(CC(=O)O)C(=O)NC(CS)C(=O)NC(Cc1c[nH]c2ccccc12)C(=O)O. The number of aliphatic carboxylic acids is 2. The Hall–Kier alpha value is -4.11. The van der Waals surface area contributed by atoms with E-state index in [0.29, 0.717) is 5.56 Å². The normalized spacial score (nSPS) is 14.1. The average Bonchev–Trinajstić information content (AvgIpc) is 3.27. The van der Waals surface area contributed by atoms with Gasteiger partial charge < -0.3 is 42.6 Å². The van der Waals surface area contributed by atoms with Gasteiger partial charge in [-0.25, -0.2) is 4.79 Å². The minimum atomic E-state index is -1.61. The molecule has 1 aromatic carbocycles. The van der Waals surface area contributed by atoms with Crippen molar-refractivity contribution in [3.63, 3.8) is 0 Å². The number of amides is 4. The maximum Gasteiger partial charge on any atom is 0.326 e. The van der Waals surface area contributed by atoms with Crippen LogP contribution in [0, 0.1) is 0 Å². The number of carbonyl (C=O) groups excluding carboxylic acids is 4. The number of H-pyrrole nitrogens is 1. The van der Waals surface area contributed by atoms with Gasteiger partial charge in [-0.2, -0.15) is 12.6 Å². The van der Waals surface area contributed by atoms with Crippen LogP contribution in [0.15, 0.2) is 30.5 Å². The fourth-order valence-electron chi connectivity index (χ4n) is 3.55. The third-order valence-corrected chi connectivity index (χ3v) is 5.94. The van der Waals surface area contributed by atoms with Crippen LogP contribution in [0.25, 0.3) is 10.9 Å². The molecule has 0 aliphatic rings. The van der Waals surface area contributed by atoms with Gasteiger partial charge in [-0.3, -0.25) is 24.0 Å². The second-order valence-corrected chi connectivity index (χ2v) is 8.84. The number of carboxylic acids is 2. The monoisotopic (exact) mass is 550 g/mol. The summed E-state index contributed by atoms with van der Waals surface area (Å²) in [7, 11) is 0. The van der Waals surface area contributed by atoms with E-state index in [4.69, 9.17) is 16.6 Å². The van der Waals surface area contributed by atoms with E-state index in [1.807, 2.05) is 12.1 Å². The fraction of sp³-hybridized carbons (Fsp3) is 0.391. The molecule has 0 fully saturated rings. The maximum atomic E-state index is 12.8. The number of thiol groups is 1. The molecule has 15 heteroatoms. The Balaban J connectivity index is 2.08. The van der Waals surface area contributed by atoms with Gasteiger partial charge in [0.2, 0.25) is 23.6 Å². The van der Waals surface area contributed by atoms with Gasteiger partial charge in [-0.05, 0) is 18.1 Å². The van der Waals surface area contributed by atoms with Gasteiger partial charge in [0, 0.05) is 35.7 Å². The summed E-state index contributed by atoms with van der Waals surface area (Å²) in [4.78, 5) is 74.9. The molecule has 1 aromatic heterocycles. The Bertz CT molecular complexity index is 1200. The highest BCUT2D eigenvalue weighted by Gasteiger charge is 2.31. The van der Waals surface area contributed by atoms with Crippen molar-refractivity contribution in [1.82, 2.24) is 20.9 Å². The summed E-state index contributed by atoms with van der Waals surface area (Å²) in [6.07, 6.45) is 0.420. The van der Waals surface area contributed by atoms with Crippen LogP contribution < -0.4 is 27.4 Å². The third kappa shape index (κ3) is 8.77. The highest BCUT2D eigenvalue weighted by atomic mass is 32.1. The molecule has 0 spiro atoms. The number of rotatable bonds is 15. The molecule has 4 unspecified atom stereocenters. The Labute approximate surface area is 222 Å². The van der Waals surface area contributed by atoms with E-state index in [1.54, 1.807) is 18.3 Å². The van der Waals surface area contributed by atoms with Crippen LogP contribution in [0.2, 0.25) is 0 Å². The first kappa shape index (κ1) is 30.1. The van der Waals surface area contributed by atoms with E-state index in [1.165, 1.54) is 0 Å². The molecule has 0 bridgehead atoms. The molecule has 0 saturated heterocycles. The predicted octanol–water partition coefficient (Wildman–Crippen LogP) is -1.75. The standard InChI is InChI=1S/C23H30N6O8S/c24-13(5-6-18(25)30)20(33)27-15(8-19(31)32)21(34)29-17(10-38)22(35)28-16(23(36)37)7-11-9-26-14-4-2-1-3-12(11)14/h1-4,9,13,15-17,26,38H,5-8,10,24H2,(H2,25,30)(H,27,33)(H,28,35)(H,29,34)(H,31,32)(H,36,37). The van der Waals surface area contributed by atoms with Crippen molar-refractivity contribution in [2.45, 2.75) is 49.9 Å². The van der Waals surface area contributed by atoms with Crippen LogP contribution in [0.3, 0.4) is 0 Å². The van der Waals surface area contributed by atoms with Crippen molar-refractivity contribution in [3.05, 3.63) is 36.0 Å². The summed E-state index contributed by atoms with van der Waals surface area (Å²) in [6, 6.07) is 1.66. The molecule has 2 rings (SSSR count). The van der Waals surface area contributed by atoms with Gasteiger partial charge in [0.15, 0.2) is 0 Å². The number of primary amides is 1. The lowest BCUT2D eigenvalue weighted by Gasteiger charge is -2.23. The van der Waals surface area contributed by atoms with Gasteiger partial charge in [-0.15, -0.1) is 0 Å². The summed E-state index contributed by atoms with van der Waals surface area (Å²) < 4.78 is 0. The molecular formula is C23H30N6O8S. The van der Waals surface area contributed by atoms with Gasteiger partial charge in [0.25, 0.3) is 0 Å². The highest BCUT2D eigenvalue weighted by Crippen LogP contribution is 2.19. The number of aromatic amines is 1. The minimum Gasteiger partial charge on any atom is -0.481 e. The number of hydrogen-bond donors (Lipinski definition) is 9. The zero-order valence-corrected chi connectivity index (χ0v) is 21.1. The van der Waals surface area contributed by atoms with Crippen molar-refractivity contribution in [2.24, 2.45) is 11.5 Å². The lowest BCUT2D eigenvalue weighted by molar-refractivity contribution is -0.143. The molecule has 0 aliphatic carbocycles. The lowest BCUT2D eigenvalue weighted by atomic mass is 10.0. The molecule has 2 aromatic rings. The summed E-state index contributed by atoms with van der Waals surface area (Å²) in [5, 5.41) is 26.4. The number of carboxylic acid groups (broad SMARTS) is 2. The highest BCUT2D eigenvalue weighted by molar-refractivity contribution is 7.80. The van der Waals surface area contributed by atoms with Crippen LogP contribution in [-0.2, 0) is 35.2 Å². The number of hydrogen-bond acceptors (Lipinski definition) is 8. The predicted molar refractivity (Wildman–Crippen MR) is 138 cm³/mol. The number of nitrogens with two attached hydrogens (primary N) is 2. The smallest absolute Gasteiger partial charge is 0.326 e. The molecule has 0 aliphatic heterocycles. The van der Waals surface area contributed by atoms with Crippen molar-refractivity contribution in [1.29, 1.82) is 0 Å². The first-order chi connectivity index (χ1) is 17.9. The van der Waals surface area contributed by atoms with Crippen LogP contribution in [0.5, 0.6) is 0 Å². The largest absolute Gasteiger partial charge is 0.481 e. The van der Waals surface area contributed by atoms with Crippen molar-refractivity contribution in [3.8, 4) is 0 Å². The van der Waals surface area contributed by atoms with Gasteiger partial charge in [0.05, 0.1) is 12.5 Å². The third-order valence-electron chi connectivity index (χ3n) is 5.58. The molecule has 10 N–H and O–H groups in total. The van der Waals surface area contributed by atoms with E-state index in [9.17, 15) is 33.9 Å². The zero-order chi connectivity index (χ0) is 28.4. The topological polar surface area (TPSA) is 247 Å². The Morgan fingerprint density at radius 2 is 1.53 bits per heavy atom. The van der Waals surface area contributed by atoms with Gasteiger partial charge >= 0.3 is 11.9 Å². The summed E-state index contributed by atoms with van der Waals surface area (Å²) in [5.41, 5.74) is 12.1. The first-order valence-corrected chi connectivity index (χ1v) is 12.1. The van der Waals surface area contributed by atoms with Crippen LogP contribution >= 0.6 is 12.6 Å². The van der Waals surface area contributed by atoms with E-state index in [-0.39, 0.29) is 25.0 Å². The fourth-order valence-corrected chi connectivity index (χ4v) is 3.81. The zero-order valence-electron chi connectivity index (χ0n) is 20.2. The van der Waals surface area contributed by atoms with E-state index < -0.39 is 66.2 Å². The molecule has 206 valence electrons. The van der Waals surface area contributed by atoms with Crippen molar-refractivity contribution in [2.75, 3.05) is 5.75 Å². The molecule has 1 heterocycles. The van der Waals surface area contributed by atoms with E-state index >= 15 is 0 Å². The van der Waals surface area contributed by atoms with Gasteiger partial charge in [0.1, 0.15) is 18.1 Å². The van der Waals surface area contributed by atoms with Crippen LogP contribution in [0.1, 0.15) is 24.8 Å². The first-order valence-electron chi connectivity index (χ1n) is 11.5. The molecular weight excluding hydrogens is 520 g/mol. The Morgan fingerprint density at radius 1 is 0.921 bits per heavy atom. The number of nitrogens with one attached hydrogen (secondary N) is 4. The number of benzene rings is 1. The second-order valence-electron chi connectivity index (χ2n) is 8.48. The van der Waals surface area contributed by atoms with E-state index in [0.717, 1.165) is 10.9 Å². The lowest BCUT2D eigenvalue weighted by Crippen LogP contribution is -2.58. The van der Waals surface area contributed by atoms with Crippen LogP contribution in [0.4, 0.5) is 0 Å². The minimum absolute atomic E-state index is 0.0563. The summed E-state index contributed by atoms with van der Waals surface area (Å²) in [6.45, 7) is 0. The summed E-state index contributed by atoms with van der Waals surface area (Å²) in [5.74, 6) is -6.49. The summed E-state index contributed by atoms with van der Waals surface area (Å²) >= 11 is 4.03. The van der Waals surface area contributed by atoms with Gasteiger partial charge in [-0.1, -0.05) is 18.2 Å². The molecule has 38 heavy (non-hydrogen) atoms. The van der Waals surface area contributed by atoms with E-state index in [2.05, 4.69) is 33.6 Å². The van der Waals surface area contributed by atoms with Crippen LogP contribution in [-0.4, -0.2) is 80.7 Å². The molecule has 14 nitrogen and oxygen atoms in total. The molecule has 4 atom stereocenters.